The Morgan fingerprint density at radius 1 is 1.42 bits per heavy atom. The molecule has 24 heavy (non-hydrogen) atoms. The van der Waals surface area contributed by atoms with Crippen molar-refractivity contribution in [1.29, 1.82) is 0 Å². The SMILES string of the molecule is CCc1noc(C2CCCN(C(=O)N3CCc4sccc4C3)C2)n1. The summed E-state index contributed by atoms with van der Waals surface area (Å²) in [6.07, 6.45) is 3.73. The maximum Gasteiger partial charge on any atom is 0.320 e. The zero-order chi connectivity index (χ0) is 16.5. The van der Waals surface area contributed by atoms with E-state index in [0.717, 1.165) is 51.1 Å². The molecule has 7 heteroatoms. The van der Waals surface area contributed by atoms with Crippen LogP contribution in [-0.2, 0) is 19.4 Å². The molecule has 0 bridgehead atoms. The van der Waals surface area contributed by atoms with Crippen LogP contribution < -0.4 is 0 Å². The van der Waals surface area contributed by atoms with Crippen molar-refractivity contribution in [3.8, 4) is 0 Å². The number of nitrogens with zero attached hydrogens (tertiary/aromatic N) is 4. The molecular formula is C17H22N4O2S. The monoisotopic (exact) mass is 346 g/mol. The van der Waals surface area contributed by atoms with E-state index < -0.39 is 0 Å². The van der Waals surface area contributed by atoms with Crippen LogP contribution in [0.1, 0.15) is 47.8 Å². The van der Waals surface area contributed by atoms with Gasteiger partial charge in [0.05, 0.1) is 5.92 Å². The molecule has 4 heterocycles. The summed E-state index contributed by atoms with van der Waals surface area (Å²) in [7, 11) is 0. The quantitative estimate of drug-likeness (QED) is 0.838. The number of aromatic nitrogens is 2. The lowest BCUT2D eigenvalue weighted by Gasteiger charge is -2.36. The van der Waals surface area contributed by atoms with E-state index in [1.54, 1.807) is 11.3 Å². The number of amides is 2. The standard InChI is InChI=1S/C17H22N4O2S/c1-2-15-18-16(23-19-15)13-4-3-7-20(11-13)17(22)21-8-5-14-12(10-21)6-9-24-14/h6,9,13H,2-5,7-8,10-11H2,1H3. The highest BCUT2D eigenvalue weighted by Crippen LogP contribution is 2.29. The second-order valence-electron chi connectivity index (χ2n) is 6.51. The second-order valence-corrected chi connectivity index (χ2v) is 7.51. The third kappa shape index (κ3) is 2.92. The van der Waals surface area contributed by atoms with Crippen molar-refractivity contribution in [2.24, 2.45) is 0 Å². The van der Waals surface area contributed by atoms with Crippen LogP contribution in [0.3, 0.4) is 0 Å². The van der Waals surface area contributed by atoms with Gasteiger partial charge in [-0.2, -0.15) is 4.98 Å². The van der Waals surface area contributed by atoms with E-state index >= 15 is 0 Å². The zero-order valence-electron chi connectivity index (χ0n) is 13.9. The van der Waals surface area contributed by atoms with E-state index in [4.69, 9.17) is 4.52 Å². The van der Waals surface area contributed by atoms with Crippen molar-refractivity contribution < 1.29 is 9.32 Å². The second kappa shape index (κ2) is 6.55. The first-order valence-electron chi connectivity index (χ1n) is 8.66. The van der Waals surface area contributed by atoms with E-state index in [9.17, 15) is 4.79 Å². The van der Waals surface area contributed by atoms with Gasteiger partial charge in [0.2, 0.25) is 5.89 Å². The van der Waals surface area contributed by atoms with Crippen LogP contribution in [0.4, 0.5) is 4.79 Å². The molecule has 128 valence electrons. The molecule has 1 saturated heterocycles. The molecule has 0 N–H and O–H groups in total. The number of hydrogen-bond donors (Lipinski definition) is 0. The summed E-state index contributed by atoms with van der Waals surface area (Å²) in [6, 6.07) is 2.29. The summed E-state index contributed by atoms with van der Waals surface area (Å²) in [6.45, 7) is 5.06. The van der Waals surface area contributed by atoms with Crippen LogP contribution in [0.25, 0.3) is 0 Å². The molecule has 0 aliphatic carbocycles. The fourth-order valence-electron chi connectivity index (χ4n) is 3.54. The average molecular weight is 346 g/mol. The Labute approximate surface area is 145 Å². The highest BCUT2D eigenvalue weighted by Gasteiger charge is 2.32. The minimum absolute atomic E-state index is 0.145. The van der Waals surface area contributed by atoms with Crippen molar-refractivity contribution in [3.63, 3.8) is 0 Å². The number of rotatable bonds is 2. The number of hydrogen-bond acceptors (Lipinski definition) is 5. The van der Waals surface area contributed by atoms with E-state index in [1.165, 1.54) is 10.4 Å². The van der Waals surface area contributed by atoms with E-state index in [-0.39, 0.29) is 11.9 Å². The number of piperidine rings is 1. The average Bonchev–Trinajstić information content (AvgIpc) is 3.29. The van der Waals surface area contributed by atoms with Gasteiger partial charge in [0.25, 0.3) is 0 Å². The predicted molar refractivity (Wildman–Crippen MR) is 91.1 cm³/mol. The van der Waals surface area contributed by atoms with Gasteiger partial charge in [0, 0.05) is 37.5 Å². The Kier molecular flexibility index (Phi) is 4.26. The number of urea groups is 1. The Balaban J connectivity index is 1.43. The first-order chi connectivity index (χ1) is 11.7. The van der Waals surface area contributed by atoms with Gasteiger partial charge in [-0.1, -0.05) is 12.1 Å². The van der Waals surface area contributed by atoms with E-state index in [0.29, 0.717) is 12.4 Å². The number of thiophene rings is 1. The maximum atomic E-state index is 12.9. The minimum Gasteiger partial charge on any atom is -0.339 e. The zero-order valence-corrected chi connectivity index (χ0v) is 14.7. The maximum absolute atomic E-state index is 12.9. The lowest BCUT2D eigenvalue weighted by Crippen LogP contribution is -2.48. The molecule has 0 radical (unpaired) electrons. The van der Waals surface area contributed by atoms with Gasteiger partial charge in [-0.15, -0.1) is 11.3 Å². The van der Waals surface area contributed by atoms with Crippen LogP contribution >= 0.6 is 11.3 Å². The molecule has 2 aromatic rings. The Bertz CT molecular complexity index is 726. The van der Waals surface area contributed by atoms with Crippen LogP contribution in [0.2, 0.25) is 0 Å². The normalized spacial score (nSPS) is 21.0. The van der Waals surface area contributed by atoms with Gasteiger partial charge in [0.1, 0.15) is 0 Å². The van der Waals surface area contributed by atoms with Gasteiger partial charge < -0.3 is 14.3 Å². The molecule has 2 aromatic heterocycles. The van der Waals surface area contributed by atoms with Gasteiger partial charge in [0.15, 0.2) is 5.82 Å². The Morgan fingerprint density at radius 3 is 3.17 bits per heavy atom. The molecule has 4 rings (SSSR count). The summed E-state index contributed by atoms with van der Waals surface area (Å²) in [5.41, 5.74) is 1.30. The summed E-state index contributed by atoms with van der Waals surface area (Å²) in [5.74, 6) is 1.59. The first kappa shape index (κ1) is 15.6. The molecule has 2 aliphatic heterocycles. The predicted octanol–water partition coefficient (Wildman–Crippen LogP) is 3.05. The molecule has 1 atom stereocenters. The molecule has 0 spiro atoms. The van der Waals surface area contributed by atoms with Crippen LogP contribution in [0, 0.1) is 0 Å². The summed E-state index contributed by atoms with van der Waals surface area (Å²) in [4.78, 5) is 22.7. The van der Waals surface area contributed by atoms with E-state index in [1.807, 2.05) is 16.7 Å². The fraction of sp³-hybridized carbons (Fsp3) is 0.588. The van der Waals surface area contributed by atoms with Crippen LogP contribution in [0.5, 0.6) is 0 Å². The van der Waals surface area contributed by atoms with Crippen molar-refractivity contribution in [2.75, 3.05) is 19.6 Å². The van der Waals surface area contributed by atoms with Crippen LogP contribution in [-0.4, -0.2) is 45.6 Å². The largest absolute Gasteiger partial charge is 0.339 e. The molecule has 6 nitrogen and oxygen atoms in total. The van der Waals surface area contributed by atoms with Crippen molar-refractivity contribution in [2.45, 2.75) is 45.1 Å². The highest BCUT2D eigenvalue weighted by atomic mass is 32.1. The van der Waals surface area contributed by atoms with Crippen molar-refractivity contribution in [1.82, 2.24) is 19.9 Å². The van der Waals surface area contributed by atoms with Gasteiger partial charge >= 0.3 is 6.03 Å². The summed E-state index contributed by atoms with van der Waals surface area (Å²) >= 11 is 1.80. The molecule has 2 aliphatic rings. The minimum atomic E-state index is 0.145. The van der Waals surface area contributed by atoms with Gasteiger partial charge in [-0.25, -0.2) is 4.79 Å². The van der Waals surface area contributed by atoms with Crippen molar-refractivity contribution in [3.05, 3.63) is 33.6 Å². The number of likely N-dealkylation sites (tertiary alicyclic amines) is 1. The van der Waals surface area contributed by atoms with Crippen LogP contribution in [0.15, 0.2) is 16.0 Å². The third-order valence-electron chi connectivity index (χ3n) is 4.92. The lowest BCUT2D eigenvalue weighted by atomic mass is 9.98. The third-order valence-corrected chi connectivity index (χ3v) is 5.94. The molecule has 1 fully saturated rings. The number of carbonyl (C=O) groups excluding carboxylic acids is 1. The number of carbonyl (C=O) groups is 1. The van der Waals surface area contributed by atoms with E-state index in [2.05, 4.69) is 21.6 Å². The first-order valence-corrected chi connectivity index (χ1v) is 9.54. The van der Waals surface area contributed by atoms with Crippen molar-refractivity contribution >= 4 is 17.4 Å². The Hall–Kier alpha value is -1.89. The number of aryl methyl sites for hydroxylation is 1. The summed E-state index contributed by atoms with van der Waals surface area (Å²) in [5, 5.41) is 6.11. The topological polar surface area (TPSA) is 62.5 Å². The Morgan fingerprint density at radius 2 is 2.33 bits per heavy atom. The molecule has 2 amide bonds. The lowest BCUT2D eigenvalue weighted by molar-refractivity contribution is 0.129. The molecule has 0 saturated carbocycles. The molecule has 0 aromatic carbocycles. The smallest absolute Gasteiger partial charge is 0.320 e. The molecular weight excluding hydrogens is 324 g/mol. The van der Waals surface area contributed by atoms with Gasteiger partial charge in [-0.05, 0) is 36.3 Å². The summed E-state index contributed by atoms with van der Waals surface area (Å²) < 4.78 is 5.39. The van der Waals surface area contributed by atoms with Gasteiger partial charge in [-0.3, -0.25) is 0 Å². The molecule has 1 unspecified atom stereocenters. The fourth-order valence-corrected chi connectivity index (χ4v) is 4.43. The highest BCUT2D eigenvalue weighted by molar-refractivity contribution is 7.10. The number of fused-ring (bicyclic) bond motifs is 1.